The number of aromatic nitrogens is 4. The Hall–Kier alpha value is -2.13. The summed E-state index contributed by atoms with van der Waals surface area (Å²) in [6, 6.07) is 8.37. The molecule has 1 aromatic heterocycles. The van der Waals surface area contributed by atoms with Crippen molar-refractivity contribution < 1.29 is 9.53 Å². The van der Waals surface area contributed by atoms with Crippen molar-refractivity contribution in [2.24, 2.45) is 0 Å². The van der Waals surface area contributed by atoms with Gasteiger partial charge >= 0.3 is 0 Å². The number of hydrogen-bond donors (Lipinski definition) is 1. The molecule has 8 nitrogen and oxygen atoms in total. The first-order chi connectivity index (χ1) is 13.6. The molecule has 28 heavy (non-hydrogen) atoms. The summed E-state index contributed by atoms with van der Waals surface area (Å²) in [4.78, 5) is 14.6. The largest absolute Gasteiger partial charge is 0.376 e. The lowest BCUT2D eigenvalue weighted by Crippen LogP contribution is -2.30. The minimum Gasteiger partial charge on any atom is -0.376 e. The van der Waals surface area contributed by atoms with Crippen LogP contribution in [0.2, 0.25) is 0 Å². The van der Waals surface area contributed by atoms with Gasteiger partial charge in [-0.1, -0.05) is 11.8 Å². The second-order valence-electron chi connectivity index (χ2n) is 7.04. The average Bonchev–Trinajstić information content (AvgIpc) is 3.34. The van der Waals surface area contributed by atoms with Crippen molar-refractivity contribution in [3.63, 3.8) is 0 Å². The smallest absolute Gasteiger partial charge is 0.234 e. The minimum atomic E-state index is -0.0828. The molecular weight excluding hydrogens is 376 g/mol. The van der Waals surface area contributed by atoms with Crippen LogP contribution in [0.4, 0.5) is 11.4 Å². The van der Waals surface area contributed by atoms with E-state index in [1.54, 1.807) is 4.68 Å². The van der Waals surface area contributed by atoms with E-state index in [1.807, 2.05) is 24.3 Å². The number of ether oxygens (including phenoxy) is 1. The molecule has 0 bridgehead atoms. The predicted octanol–water partition coefficient (Wildman–Crippen LogP) is 2.82. The number of thioether (sulfide) groups is 1. The van der Waals surface area contributed by atoms with Gasteiger partial charge in [-0.05, 0) is 68.3 Å². The Morgan fingerprint density at radius 1 is 1.39 bits per heavy atom. The van der Waals surface area contributed by atoms with E-state index in [2.05, 4.69) is 46.5 Å². The summed E-state index contributed by atoms with van der Waals surface area (Å²) in [5.74, 6) is 0.168. The first kappa shape index (κ1) is 20.6. The van der Waals surface area contributed by atoms with Gasteiger partial charge in [-0.15, -0.1) is 5.10 Å². The lowest BCUT2D eigenvalue weighted by atomic mass is 10.2. The van der Waals surface area contributed by atoms with Crippen molar-refractivity contribution in [1.29, 1.82) is 0 Å². The first-order valence-electron chi connectivity index (χ1n) is 9.74. The number of nitrogens with zero attached hydrogens (tertiary/aromatic N) is 5. The van der Waals surface area contributed by atoms with Crippen LogP contribution in [0.1, 0.15) is 33.6 Å². The highest BCUT2D eigenvalue weighted by atomic mass is 32.2. The summed E-state index contributed by atoms with van der Waals surface area (Å²) < 4.78 is 7.34. The molecule has 9 heteroatoms. The Bertz CT molecular complexity index is 758. The van der Waals surface area contributed by atoms with Crippen molar-refractivity contribution in [2.75, 3.05) is 29.1 Å². The topological polar surface area (TPSA) is 85.2 Å². The Kier molecular flexibility index (Phi) is 7.27. The molecule has 0 radical (unpaired) electrons. The van der Waals surface area contributed by atoms with Crippen LogP contribution in [0, 0.1) is 0 Å². The molecule has 3 rings (SSSR count). The van der Waals surface area contributed by atoms with Crippen molar-refractivity contribution in [2.45, 2.75) is 57.5 Å². The molecule has 1 saturated heterocycles. The number of amides is 1. The third-order valence-corrected chi connectivity index (χ3v) is 5.64. The quantitative estimate of drug-likeness (QED) is 0.643. The number of anilines is 2. The molecule has 1 amide bonds. The summed E-state index contributed by atoms with van der Waals surface area (Å²) in [5, 5.41) is 15.3. The van der Waals surface area contributed by atoms with E-state index in [0.29, 0.717) is 17.7 Å². The van der Waals surface area contributed by atoms with Gasteiger partial charge in [0.15, 0.2) is 0 Å². The number of carbonyl (C=O) groups excluding carboxylic acids is 1. The zero-order valence-corrected chi connectivity index (χ0v) is 17.5. The molecule has 1 aliphatic heterocycles. The molecule has 1 aliphatic rings. The molecule has 0 aliphatic carbocycles. The van der Waals surface area contributed by atoms with E-state index in [4.69, 9.17) is 4.74 Å². The molecule has 0 saturated carbocycles. The van der Waals surface area contributed by atoms with E-state index in [-0.39, 0.29) is 17.8 Å². The SMILES string of the molecule is CCN(c1ccc(NC(=O)CSc2nnnn2CC2CCCO2)cc1)C(C)C. The Balaban J connectivity index is 1.50. The summed E-state index contributed by atoms with van der Waals surface area (Å²) in [6.45, 7) is 8.84. The van der Waals surface area contributed by atoms with Gasteiger partial charge < -0.3 is 15.0 Å². The van der Waals surface area contributed by atoms with Crippen molar-refractivity contribution in [3.05, 3.63) is 24.3 Å². The van der Waals surface area contributed by atoms with Crippen LogP contribution in [0.3, 0.4) is 0 Å². The summed E-state index contributed by atoms with van der Waals surface area (Å²) in [6.07, 6.45) is 2.25. The van der Waals surface area contributed by atoms with Gasteiger partial charge in [0.25, 0.3) is 0 Å². The van der Waals surface area contributed by atoms with E-state index in [0.717, 1.165) is 37.4 Å². The Labute approximate surface area is 170 Å². The zero-order chi connectivity index (χ0) is 19.9. The molecule has 1 atom stereocenters. The van der Waals surface area contributed by atoms with Gasteiger partial charge in [0.05, 0.1) is 18.4 Å². The Morgan fingerprint density at radius 3 is 2.82 bits per heavy atom. The third-order valence-electron chi connectivity index (χ3n) is 4.68. The fourth-order valence-electron chi connectivity index (χ4n) is 3.30. The number of hydrogen-bond acceptors (Lipinski definition) is 7. The first-order valence-corrected chi connectivity index (χ1v) is 10.7. The minimum absolute atomic E-state index is 0.0828. The lowest BCUT2D eigenvalue weighted by Gasteiger charge is -2.27. The summed E-state index contributed by atoms with van der Waals surface area (Å²) >= 11 is 1.33. The average molecular weight is 405 g/mol. The van der Waals surface area contributed by atoms with E-state index >= 15 is 0 Å². The van der Waals surface area contributed by atoms with Crippen molar-refractivity contribution >= 4 is 29.0 Å². The maximum atomic E-state index is 12.3. The molecule has 1 unspecified atom stereocenters. The van der Waals surface area contributed by atoms with Crippen LogP contribution in [-0.2, 0) is 16.1 Å². The van der Waals surface area contributed by atoms with Crippen LogP contribution in [0.25, 0.3) is 0 Å². The monoisotopic (exact) mass is 404 g/mol. The predicted molar refractivity (Wildman–Crippen MR) is 111 cm³/mol. The van der Waals surface area contributed by atoms with E-state index in [1.165, 1.54) is 11.8 Å². The molecule has 2 heterocycles. The van der Waals surface area contributed by atoms with Crippen LogP contribution in [-0.4, -0.2) is 57.2 Å². The van der Waals surface area contributed by atoms with Crippen molar-refractivity contribution in [3.8, 4) is 0 Å². The molecular formula is C19H28N6O2S. The molecule has 2 aromatic rings. The van der Waals surface area contributed by atoms with Gasteiger partial charge in [-0.3, -0.25) is 4.79 Å². The zero-order valence-electron chi connectivity index (χ0n) is 16.7. The van der Waals surface area contributed by atoms with Gasteiger partial charge in [-0.25, -0.2) is 4.68 Å². The van der Waals surface area contributed by atoms with Gasteiger partial charge in [0.2, 0.25) is 11.1 Å². The van der Waals surface area contributed by atoms with E-state index in [9.17, 15) is 4.79 Å². The number of nitrogens with one attached hydrogen (secondary N) is 1. The van der Waals surface area contributed by atoms with Crippen molar-refractivity contribution in [1.82, 2.24) is 20.2 Å². The second-order valence-corrected chi connectivity index (χ2v) is 7.98. The lowest BCUT2D eigenvalue weighted by molar-refractivity contribution is -0.113. The van der Waals surface area contributed by atoms with Gasteiger partial charge in [0.1, 0.15) is 0 Å². The summed E-state index contributed by atoms with van der Waals surface area (Å²) in [5.41, 5.74) is 1.94. The molecule has 1 N–H and O–H groups in total. The number of tetrazole rings is 1. The molecule has 0 spiro atoms. The fraction of sp³-hybridized carbons (Fsp3) is 0.579. The van der Waals surface area contributed by atoms with Gasteiger partial charge in [0, 0.05) is 30.6 Å². The maximum absolute atomic E-state index is 12.3. The second kappa shape index (κ2) is 9.88. The van der Waals surface area contributed by atoms with E-state index < -0.39 is 0 Å². The number of benzene rings is 1. The number of carbonyl (C=O) groups is 1. The standard InChI is InChI=1S/C19H28N6O2S/c1-4-24(14(2)3)16-9-7-15(8-10-16)20-18(26)13-28-19-21-22-23-25(19)12-17-6-5-11-27-17/h7-10,14,17H,4-6,11-13H2,1-3H3,(H,20,26). The Morgan fingerprint density at radius 2 is 2.18 bits per heavy atom. The fourth-order valence-corrected chi connectivity index (χ4v) is 3.99. The third kappa shape index (κ3) is 5.45. The highest BCUT2D eigenvalue weighted by Gasteiger charge is 2.19. The molecule has 1 aromatic carbocycles. The highest BCUT2D eigenvalue weighted by Crippen LogP contribution is 2.21. The summed E-state index contributed by atoms with van der Waals surface area (Å²) in [7, 11) is 0. The molecule has 152 valence electrons. The van der Waals surface area contributed by atoms with Crippen LogP contribution in [0.5, 0.6) is 0 Å². The van der Waals surface area contributed by atoms with Gasteiger partial charge in [-0.2, -0.15) is 0 Å². The highest BCUT2D eigenvalue weighted by molar-refractivity contribution is 7.99. The number of rotatable bonds is 9. The normalized spacial score (nSPS) is 16.5. The molecule has 1 fully saturated rings. The van der Waals surface area contributed by atoms with Crippen LogP contribution in [0.15, 0.2) is 29.4 Å². The maximum Gasteiger partial charge on any atom is 0.234 e. The van der Waals surface area contributed by atoms with Crippen LogP contribution >= 0.6 is 11.8 Å². The van der Waals surface area contributed by atoms with Crippen LogP contribution < -0.4 is 10.2 Å².